The predicted molar refractivity (Wildman–Crippen MR) is 130 cm³/mol. The fraction of sp³-hybridized carbons (Fsp3) is 0.280. The van der Waals surface area contributed by atoms with Crippen LogP contribution in [-0.4, -0.2) is 30.7 Å². The van der Waals surface area contributed by atoms with Gasteiger partial charge in [0.05, 0.1) is 25.5 Å². The van der Waals surface area contributed by atoms with Crippen LogP contribution in [0.15, 0.2) is 48.5 Å². The SMILES string of the molecule is CCOc1ccc(-c2nc(NC(=O)/C=C/c3ccc(OCC)c(OCC)c3)sc2C)cc1. The molecule has 1 amide bonds. The van der Waals surface area contributed by atoms with E-state index in [1.165, 1.54) is 17.4 Å². The largest absolute Gasteiger partial charge is 0.494 e. The van der Waals surface area contributed by atoms with Crippen molar-refractivity contribution in [3.8, 4) is 28.5 Å². The molecule has 0 radical (unpaired) electrons. The molecule has 3 aromatic rings. The number of rotatable bonds is 10. The van der Waals surface area contributed by atoms with E-state index in [0.717, 1.165) is 27.4 Å². The van der Waals surface area contributed by atoms with Crippen molar-refractivity contribution in [3.63, 3.8) is 0 Å². The highest BCUT2D eigenvalue weighted by Crippen LogP contribution is 2.32. The number of aryl methyl sites for hydroxylation is 1. The summed E-state index contributed by atoms with van der Waals surface area (Å²) in [7, 11) is 0. The maximum atomic E-state index is 12.4. The highest BCUT2D eigenvalue weighted by molar-refractivity contribution is 7.16. The Morgan fingerprint density at radius 3 is 2.34 bits per heavy atom. The number of carbonyl (C=O) groups is 1. The van der Waals surface area contributed by atoms with E-state index in [9.17, 15) is 4.79 Å². The summed E-state index contributed by atoms with van der Waals surface area (Å²) in [4.78, 5) is 18.1. The molecule has 0 aliphatic heterocycles. The van der Waals surface area contributed by atoms with Gasteiger partial charge in [-0.25, -0.2) is 4.98 Å². The van der Waals surface area contributed by atoms with Gasteiger partial charge in [0.1, 0.15) is 5.75 Å². The fourth-order valence-corrected chi connectivity index (χ4v) is 3.92. The van der Waals surface area contributed by atoms with Crippen molar-refractivity contribution >= 4 is 28.5 Å². The number of anilines is 1. The van der Waals surface area contributed by atoms with Crippen molar-refractivity contribution in [1.29, 1.82) is 0 Å². The minimum Gasteiger partial charge on any atom is -0.494 e. The van der Waals surface area contributed by atoms with E-state index in [1.807, 2.05) is 70.2 Å². The van der Waals surface area contributed by atoms with Crippen molar-refractivity contribution in [2.75, 3.05) is 25.1 Å². The number of thiazole rings is 1. The minimum atomic E-state index is -0.246. The zero-order valence-corrected chi connectivity index (χ0v) is 19.6. The quantitative estimate of drug-likeness (QED) is 0.384. The Balaban J connectivity index is 1.68. The highest BCUT2D eigenvalue weighted by Gasteiger charge is 2.12. The summed E-state index contributed by atoms with van der Waals surface area (Å²) in [6.45, 7) is 9.51. The van der Waals surface area contributed by atoms with Crippen LogP contribution >= 0.6 is 11.3 Å². The molecule has 0 unspecified atom stereocenters. The number of amides is 1. The smallest absolute Gasteiger partial charge is 0.250 e. The van der Waals surface area contributed by atoms with Crippen molar-refractivity contribution in [3.05, 3.63) is 59.0 Å². The average molecular weight is 453 g/mol. The summed E-state index contributed by atoms with van der Waals surface area (Å²) in [5, 5.41) is 3.41. The highest BCUT2D eigenvalue weighted by atomic mass is 32.1. The Hall–Kier alpha value is -3.32. The second-order valence-electron chi connectivity index (χ2n) is 6.78. The molecule has 7 heteroatoms. The van der Waals surface area contributed by atoms with E-state index in [0.29, 0.717) is 36.5 Å². The van der Waals surface area contributed by atoms with Gasteiger partial charge in [-0.15, -0.1) is 11.3 Å². The van der Waals surface area contributed by atoms with Gasteiger partial charge < -0.3 is 14.2 Å². The van der Waals surface area contributed by atoms with Gasteiger partial charge in [-0.1, -0.05) is 6.07 Å². The summed E-state index contributed by atoms with van der Waals surface area (Å²) in [6.07, 6.45) is 3.22. The molecule has 2 aromatic carbocycles. The summed E-state index contributed by atoms with van der Waals surface area (Å²) in [5.74, 6) is 1.93. The zero-order chi connectivity index (χ0) is 22.9. The number of aromatic nitrogens is 1. The number of hydrogen-bond donors (Lipinski definition) is 1. The Labute approximate surface area is 192 Å². The molecule has 0 aliphatic carbocycles. The molecule has 1 heterocycles. The first-order valence-corrected chi connectivity index (χ1v) is 11.4. The van der Waals surface area contributed by atoms with Gasteiger partial charge in [-0.2, -0.15) is 0 Å². The van der Waals surface area contributed by atoms with E-state index >= 15 is 0 Å². The number of nitrogens with one attached hydrogen (secondary N) is 1. The lowest BCUT2D eigenvalue weighted by Crippen LogP contribution is -2.07. The standard InChI is InChI=1S/C25H28N2O4S/c1-5-29-20-12-10-19(11-13-20)24-17(4)32-25(27-24)26-23(28)15-9-18-8-14-21(30-6-2)22(16-18)31-7-3/h8-16H,5-7H2,1-4H3,(H,26,27,28)/b15-9+. The molecule has 168 valence electrons. The first-order valence-electron chi connectivity index (χ1n) is 10.6. The molecule has 0 bridgehead atoms. The minimum absolute atomic E-state index is 0.246. The second kappa shape index (κ2) is 11.3. The first kappa shape index (κ1) is 23.3. The third-order valence-electron chi connectivity index (χ3n) is 4.46. The molecule has 3 rings (SSSR count). The van der Waals surface area contributed by atoms with Crippen LogP contribution in [0.4, 0.5) is 5.13 Å². The van der Waals surface area contributed by atoms with Crippen molar-refractivity contribution in [1.82, 2.24) is 4.98 Å². The second-order valence-corrected chi connectivity index (χ2v) is 7.98. The molecule has 0 aliphatic rings. The van der Waals surface area contributed by atoms with Crippen molar-refractivity contribution in [2.45, 2.75) is 27.7 Å². The van der Waals surface area contributed by atoms with E-state index < -0.39 is 0 Å². The normalized spacial score (nSPS) is 10.9. The molecular formula is C25H28N2O4S. The van der Waals surface area contributed by atoms with Gasteiger partial charge in [-0.05, 0) is 75.7 Å². The average Bonchev–Trinajstić information content (AvgIpc) is 3.14. The molecule has 1 aromatic heterocycles. The van der Waals surface area contributed by atoms with Crippen LogP contribution in [0, 0.1) is 6.92 Å². The maximum absolute atomic E-state index is 12.4. The van der Waals surface area contributed by atoms with E-state index in [2.05, 4.69) is 10.3 Å². The van der Waals surface area contributed by atoms with E-state index in [4.69, 9.17) is 14.2 Å². The van der Waals surface area contributed by atoms with Gasteiger partial charge >= 0.3 is 0 Å². The van der Waals surface area contributed by atoms with Crippen LogP contribution in [0.1, 0.15) is 31.2 Å². The fourth-order valence-electron chi connectivity index (χ4n) is 3.08. The van der Waals surface area contributed by atoms with Gasteiger partial charge in [0.2, 0.25) is 5.91 Å². The first-order chi connectivity index (χ1) is 15.5. The van der Waals surface area contributed by atoms with Gasteiger partial charge in [0.15, 0.2) is 16.6 Å². The summed E-state index contributed by atoms with van der Waals surface area (Å²) >= 11 is 1.45. The number of benzene rings is 2. The molecule has 0 saturated carbocycles. The summed E-state index contributed by atoms with van der Waals surface area (Å²) in [5.41, 5.74) is 2.68. The van der Waals surface area contributed by atoms with Gasteiger partial charge in [-0.3, -0.25) is 10.1 Å². The lowest BCUT2D eigenvalue weighted by Gasteiger charge is -2.11. The van der Waals surface area contributed by atoms with E-state index in [-0.39, 0.29) is 5.91 Å². The molecule has 0 fully saturated rings. The van der Waals surface area contributed by atoms with Crippen LogP contribution in [0.25, 0.3) is 17.3 Å². The Morgan fingerprint density at radius 1 is 0.969 bits per heavy atom. The van der Waals surface area contributed by atoms with Crippen LogP contribution in [-0.2, 0) is 4.79 Å². The number of ether oxygens (including phenoxy) is 3. The molecule has 32 heavy (non-hydrogen) atoms. The number of nitrogens with zero attached hydrogens (tertiary/aromatic N) is 1. The third kappa shape index (κ3) is 6.11. The Kier molecular flexibility index (Phi) is 8.27. The maximum Gasteiger partial charge on any atom is 0.250 e. The molecule has 0 spiro atoms. The van der Waals surface area contributed by atoms with Crippen molar-refractivity contribution < 1.29 is 19.0 Å². The van der Waals surface area contributed by atoms with Gasteiger partial charge in [0.25, 0.3) is 0 Å². The Bertz CT molecular complexity index is 1070. The lowest BCUT2D eigenvalue weighted by atomic mass is 10.1. The predicted octanol–water partition coefficient (Wildman–Crippen LogP) is 5.97. The molecular weight excluding hydrogens is 424 g/mol. The summed E-state index contributed by atoms with van der Waals surface area (Å²) < 4.78 is 16.7. The number of hydrogen-bond acceptors (Lipinski definition) is 6. The molecule has 0 saturated heterocycles. The van der Waals surface area contributed by atoms with Crippen LogP contribution in [0.2, 0.25) is 0 Å². The van der Waals surface area contributed by atoms with Crippen LogP contribution < -0.4 is 19.5 Å². The third-order valence-corrected chi connectivity index (χ3v) is 5.35. The zero-order valence-electron chi connectivity index (χ0n) is 18.8. The molecule has 0 atom stereocenters. The van der Waals surface area contributed by atoms with Crippen molar-refractivity contribution in [2.24, 2.45) is 0 Å². The van der Waals surface area contributed by atoms with E-state index in [1.54, 1.807) is 6.08 Å². The molecule has 6 nitrogen and oxygen atoms in total. The monoisotopic (exact) mass is 452 g/mol. The summed E-state index contributed by atoms with van der Waals surface area (Å²) in [6, 6.07) is 13.4. The Morgan fingerprint density at radius 2 is 1.66 bits per heavy atom. The number of carbonyl (C=O) groups excluding carboxylic acids is 1. The topological polar surface area (TPSA) is 69.7 Å². The van der Waals surface area contributed by atoms with Crippen LogP contribution in [0.5, 0.6) is 17.2 Å². The van der Waals surface area contributed by atoms with Gasteiger partial charge in [0, 0.05) is 16.5 Å². The lowest BCUT2D eigenvalue weighted by molar-refractivity contribution is -0.111. The van der Waals surface area contributed by atoms with Crippen LogP contribution in [0.3, 0.4) is 0 Å². The molecule has 1 N–H and O–H groups in total.